The normalized spacial score (nSPS) is 12.4. The highest BCUT2D eigenvalue weighted by atomic mass is 16.7. The highest BCUT2D eigenvalue weighted by Gasteiger charge is 2.23. The third-order valence-corrected chi connectivity index (χ3v) is 4.04. The quantitative estimate of drug-likeness (QED) is 0.698. The number of nitrogens with one attached hydrogen (secondary N) is 1. The first-order valence-corrected chi connectivity index (χ1v) is 8.21. The van der Waals surface area contributed by atoms with Crippen molar-refractivity contribution in [3.05, 3.63) is 41.4 Å². The Bertz CT molecular complexity index is 982. The van der Waals surface area contributed by atoms with E-state index in [1.54, 1.807) is 13.8 Å². The van der Waals surface area contributed by atoms with Crippen LogP contribution in [0.4, 0.5) is 5.82 Å². The van der Waals surface area contributed by atoms with Crippen LogP contribution < -0.4 is 14.8 Å². The molecule has 1 N–H and O–H groups in total. The summed E-state index contributed by atoms with van der Waals surface area (Å²) in [5.41, 5.74) is 1.67. The molecule has 0 unspecified atom stereocenters. The van der Waals surface area contributed by atoms with Crippen LogP contribution in [0.3, 0.4) is 0 Å². The van der Waals surface area contributed by atoms with E-state index < -0.39 is 5.97 Å². The number of carbonyl (C=O) groups is 1. The molecular formula is C18H17N3O5. The van der Waals surface area contributed by atoms with Crippen LogP contribution in [0.5, 0.6) is 11.5 Å². The van der Waals surface area contributed by atoms with Gasteiger partial charge in [0.25, 0.3) is 0 Å². The number of rotatable bonds is 5. The van der Waals surface area contributed by atoms with Crippen molar-refractivity contribution < 1.29 is 23.4 Å². The predicted octanol–water partition coefficient (Wildman–Crippen LogP) is 3.05. The molecule has 0 fully saturated rings. The lowest BCUT2D eigenvalue weighted by Crippen LogP contribution is -2.08. The molecule has 8 heteroatoms. The Hall–Kier alpha value is -3.29. The van der Waals surface area contributed by atoms with E-state index in [9.17, 15) is 4.79 Å². The number of carbonyl (C=O) groups excluding carboxylic acids is 1. The van der Waals surface area contributed by atoms with Crippen molar-refractivity contribution in [1.29, 1.82) is 0 Å². The molecular weight excluding hydrogens is 338 g/mol. The number of esters is 1. The molecule has 0 saturated heterocycles. The number of ether oxygens (including phenoxy) is 3. The lowest BCUT2D eigenvalue weighted by atomic mass is 10.1. The van der Waals surface area contributed by atoms with Crippen molar-refractivity contribution in [2.24, 2.45) is 0 Å². The van der Waals surface area contributed by atoms with Crippen LogP contribution >= 0.6 is 0 Å². The summed E-state index contributed by atoms with van der Waals surface area (Å²) in [6, 6.07) is 5.70. The maximum Gasteiger partial charge on any atom is 0.342 e. The van der Waals surface area contributed by atoms with Crippen LogP contribution in [0, 0.1) is 6.92 Å². The fourth-order valence-electron chi connectivity index (χ4n) is 2.86. The maximum absolute atomic E-state index is 12.3. The van der Waals surface area contributed by atoms with Crippen LogP contribution in [-0.4, -0.2) is 29.3 Å². The molecule has 0 bridgehead atoms. The van der Waals surface area contributed by atoms with Crippen molar-refractivity contribution in [3.8, 4) is 11.5 Å². The van der Waals surface area contributed by atoms with Crippen LogP contribution in [0.1, 0.15) is 28.6 Å². The van der Waals surface area contributed by atoms with Gasteiger partial charge < -0.3 is 23.9 Å². The average molecular weight is 355 g/mol. The molecule has 0 spiro atoms. The second kappa shape index (κ2) is 6.55. The molecule has 0 saturated carbocycles. The van der Waals surface area contributed by atoms with Gasteiger partial charge in [0.1, 0.15) is 23.5 Å². The molecule has 0 radical (unpaired) electrons. The van der Waals surface area contributed by atoms with E-state index in [0.717, 1.165) is 11.3 Å². The lowest BCUT2D eigenvalue weighted by Gasteiger charge is -2.08. The van der Waals surface area contributed by atoms with Crippen LogP contribution in [0.25, 0.3) is 11.1 Å². The zero-order valence-corrected chi connectivity index (χ0v) is 14.4. The SMILES string of the molecule is CCOC(=O)c1c(C)oc2ncnc(NCc3ccc4c(c3)OCO4)c12. The molecule has 2 aromatic heterocycles. The smallest absolute Gasteiger partial charge is 0.342 e. The van der Waals surface area contributed by atoms with Crippen molar-refractivity contribution in [2.45, 2.75) is 20.4 Å². The summed E-state index contributed by atoms with van der Waals surface area (Å²) in [5.74, 6) is 1.94. The minimum Gasteiger partial charge on any atom is -0.462 e. The topological polar surface area (TPSA) is 95.7 Å². The Morgan fingerprint density at radius 3 is 2.96 bits per heavy atom. The average Bonchev–Trinajstić information content (AvgIpc) is 3.22. The monoisotopic (exact) mass is 355 g/mol. The third kappa shape index (κ3) is 2.79. The minimum atomic E-state index is -0.454. The predicted molar refractivity (Wildman–Crippen MR) is 92.4 cm³/mol. The van der Waals surface area contributed by atoms with Gasteiger partial charge in [-0.1, -0.05) is 6.07 Å². The fraction of sp³-hybridized carbons (Fsp3) is 0.278. The third-order valence-electron chi connectivity index (χ3n) is 4.04. The van der Waals surface area contributed by atoms with Gasteiger partial charge in [-0.3, -0.25) is 0 Å². The molecule has 3 aromatic rings. The first kappa shape index (κ1) is 16.2. The highest BCUT2D eigenvalue weighted by molar-refractivity contribution is 6.07. The fourth-order valence-corrected chi connectivity index (χ4v) is 2.86. The number of aromatic nitrogens is 2. The Kier molecular flexibility index (Phi) is 4.08. The molecule has 1 aliphatic heterocycles. The van der Waals surface area contributed by atoms with Crippen molar-refractivity contribution in [1.82, 2.24) is 9.97 Å². The summed E-state index contributed by atoms with van der Waals surface area (Å²) >= 11 is 0. The van der Waals surface area contributed by atoms with Gasteiger partial charge in [0.2, 0.25) is 12.5 Å². The minimum absolute atomic E-state index is 0.232. The maximum atomic E-state index is 12.3. The van der Waals surface area contributed by atoms with Crippen LogP contribution in [0.2, 0.25) is 0 Å². The Balaban J connectivity index is 1.65. The molecule has 26 heavy (non-hydrogen) atoms. The molecule has 4 rings (SSSR count). The van der Waals surface area contributed by atoms with Crippen molar-refractivity contribution in [3.63, 3.8) is 0 Å². The highest BCUT2D eigenvalue weighted by Crippen LogP contribution is 2.33. The molecule has 1 aliphatic rings. The van der Waals surface area contributed by atoms with Gasteiger partial charge in [-0.05, 0) is 31.5 Å². The van der Waals surface area contributed by atoms with Gasteiger partial charge in [0, 0.05) is 6.54 Å². The number of hydrogen-bond acceptors (Lipinski definition) is 8. The summed E-state index contributed by atoms with van der Waals surface area (Å²) < 4.78 is 21.4. The number of benzene rings is 1. The van der Waals surface area contributed by atoms with Crippen molar-refractivity contribution in [2.75, 3.05) is 18.7 Å². The second-order valence-electron chi connectivity index (χ2n) is 5.70. The molecule has 134 valence electrons. The first-order valence-electron chi connectivity index (χ1n) is 8.21. The van der Waals surface area contributed by atoms with Crippen molar-refractivity contribution >= 4 is 22.9 Å². The molecule has 0 aliphatic carbocycles. The van der Waals surface area contributed by atoms with E-state index in [-0.39, 0.29) is 13.4 Å². The number of aryl methyl sites for hydroxylation is 1. The standard InChI is InChI=1S/C18H17N3O5/c1-3-23-18(22)14-10(2)26-17-15(14)16(20-8-21-17)19-7-11-4-5-12-13(6-11)25-9-24-12/h4-6,8H,3,7,9H2,1-2H3,(H,19,20,21). The van der Waals surface area contributed by atoms with Gasteiger partial charge in [-0.25, -0.2) is 14.8 Å². The molecule has 0 amide bonds. The van der Waals surface area contributed by atoms with Gasteiger partial charge in [0.05, 0.1) is 12.0 Å². The number of fused-ring (bicyclic) bond motifs is 2. The summed E-state index contributed by atoms with van der Waals surface area (Å²) in [6.07, 6.45) is 1.39. The molecule has 3 heterocycles. The Labute approximate surface area is 149 Å². The first-order chi connectivity index (χ1) is 12.7. The zero-order valence-electron chi connectivity index (χ0n) is 14.4. The molecule has 8 nitrogen and oxygen atoms in total. The van der Waals surface area contributed by atoms with Crippen LogP contribution in [0.15, 0.2) is 28.9 Å². The number of anilines is 1. The number of furan rings is 1. The van der Waals surface area contributed by atoms with Gasteiger partial charge >= 0.3 is 5.97 Å². The summed E-state index contributed by atoms with van der Waals surface area (Å²) in [4.78, 5) is 20.7. The van der Waals surface area contributed by atoms with E-state index in [4.69, 9.17) is 18.6 Å². The molecule has 0 atom stereocenters. The Morgan fingerprint density at radius 2 is 2.12 bits per heavy atom. The number of nitrogens with zero attached hydrogens (tertiary/aromatic N) is 2. The van der Waals surface area contributed by atoms with Gasteiger partial charge in [-0.2, -0.15) is 0 Å². The van der Waals surface area contributed by atoms with E-state index in [0.29, 0.717) is 40.5 Å². The zero-order chi connectivity index (χ0) is 18.1. The second-order valence-corrected chi connectivity index (χ2v) is 5.70. The van der Waals surface area contributed by atoms with E-state index >= 15 is 0 Å². The van der Waals surface area contributed by atoms with E-state index in [2.05, 4.69) is 15.3 Å². The van der Waals surface area contributed by atoms with Crippen LogP contribution in [-0.2, 0) is 11.3 Å². The molecule has 1 aromatic carbocycles. The summed E-state index contributed by atoms with van der Waals surface area (Å²) in [5, 5.41) is 3.75. The van der Waals surface area contributed by atoms with Gasteiger partial charge in [0.15, 0.2) is 11.5 Å². The number of hydrogen-bond donors (Lipinski definition) is 1. The lowest BCUT2D eigenvalue weighted by molar-refractivity contribution is 0.0526. The largest absolute Gasteiger partial charge is 0.462 e. The Morgan fingerprint density at radius 1 is 1.27 bits per heavy atom. The van der Waals surface area contributed by atoms with Gasteiger partial charge in [-0.15, -0.1) is 0 Å². The van der Waals surface area contributed by atoms with E-state index in [1.165, 1.54) is 6.33 Å². The summed E-state index contributed by atoms with van der Waals surface area (Å²) in [6.45, 7) is 4.45. The van der Waals surface area contributed by atoms with E-state index in [1.807, 2.05) is 18.2 Å². The summed E-state index contributed by atoms with van der Waals surface area (Å²) in [7, 11) is 0.